The van der Waals surface area contributed by atoms with E-state index < -0.39 is 44.4 Å². The predicted octanol–water partition coefficient (Wildman–Crippen LogP) is 4.74. The van der Waals surface area contributed by atoms with E-state index in [9.17, 15) is 9.59 Å². The summed E-state index contributed by atoms with van der Waals surface area (Å²) in [5.41, 5.74) is 0.507. The van der Waals surface area contributed by atoms with E-state index in [0.717, 1.165) is 11.5 Å². The van der Waals surface area contributed by atoms with Crippen LogP contribution in [0, 0.1) is 0 Å². The highest BCUT2D eigenvalue weighted by atomic mass is 28.3. The Hall–Kier alpha value is -2.62. The fourth-order valence-electron chi connectivity index (χ4n) is 3.60. The number of para-hydroxylation sites is 1. The van der Waals surface area contributed by atoms with Crippen molar-refractivity contribution in [2.45, 2.75) is 70.5 Å². The summed E-state index contributed by atoms with van der Waals surface area (Å²) in [5.74, 6) is -0.792. The lowest BCUT2D eigenvalue weighted by atomic mass is 9.77. The minimum atomic E-state index is -1.33. The van der Waals surface area contributed by atoms with Crippen LogP contribution in [0.25, 0.3) is 0 Å². The molecule has 1 atom stereocenters. The molecule has 0 aromatic heterocycles. The van der Waals surface area contributed by atoms with Crippen LogP contribution in [0.2, 0.25) is 25.7 Å². The van der Waals surface area contributed by atoms with Gasteiger partial charge in [0.1, 0.15) is 5.75 Å². The quantitative estimate of drug-likeness (QED) is 0.298. The smallest absolute Gasteiger partial charge is 0.450 e. The Kier molecular flexibility index (Phi) is 8.69. The molecule has 0 spiro atoms. The van der Waals surface area contributed by atoms with E-state index in [2.05, 4.69) is 25.0 Å². The van der Waals surface area contributed by atoms with Crippen molar-refractivity contribution in [1.29, 1.82) is 0 Å². The molecule has 194 valence electrons. The molecule has 1 N–H and O–H groups in total. The van der Waals surface area contributed by atoms with E-state index in [1.807, 2.05) is 58.0 Å². The number of nitrogens with one attached hydrogen (secondary N) is 1. The van der Waals surface area contributed by atoms with Gasteiger partial charge in [-0.2, -0.15) is 0 Å². The first kappa shape index (κ1) is 28.0. The molecule has 1 aliphatic rings. The molecule has 1 aliphatic heterocycles. The van der Waals surface area contributed by atoms with E-state index in [1.165, 1.54) is 0 Å². The second kappa shape index (κ2) is 11.2. The summed E-state index contributed by atoms with van der Waals surface area (Å²) in [6.07, 6.45) is -0.548. The summed E-state index contributed by atoms with van der Waals surface area (Å²) in [4.78, 5) is 25.6. The SMILES string of the molecule is CC1(C)OB(c2cccc(C(CNC(=O)OCC[Si](C)(C)C)C(=O)Oc3ccccc3)c2)OC1(C)C. The van der Waals surface area contributed by atoms with Crippen molar-refractivity contribution in [2.24, 2.45) is 0 Å². The monoisotopic (exact) mass is 511 g/mol. The van der Waals surface area contributed by atoms with Gasteiger partial charge in [-0.05, 0) is 56.9 Å². The van der Waals surface area contributed by atoms with Crippen LogP contribution in [-0.4, -0.2) is 51.6 Å². The maximum atomic E-state index is 13.2. The number of rotatable bonds is 9. The molecule has 1 amide bonds. The summed E-state index contributed by atoms with van der Waals surface area (Å²) in [6, 6.07) is 17.2. The van der Waals surface area contributed by atoms with E-state index >= 15 is 0 Å². The third kappa shape index (κ3) is 7.44. The van der Waals surface area contributed by atoms with Crippen LogP contribution in [-0.2, 0) is 18.8 Å². The molecule has 0 bridgehead atoms. The van der Waals surface area contributed by atoms with Gasteiger partial charge in [-0.25, -0.2) is 4.79 Å². The summed E-state index contributed by atoms with van der Waals surface area (Å²) < 4.78 is 23.4. The van der Waals surface area contributed by atoms with Gasteiger partial charge in [0, 0.05) is 14.6 Å². The average molecular weight is 512 g/mol. The molecular weight excluding hydrogens is 473 g/mol. The number of ether oxygens (including phenoxy) is 2. The van der Waals surface area contributed by atoms with Crippen molar-refractivity contribution in [3.63, 3.8) is 0 Å². The van der Waals surface area contributed by atoms with Crippen LogP contribution in [0.1, 0.15) is 39.2 Å². The number of hydrogen-bond acceptors (Lipinski definition) is 6. The molecule has 0 aliphatic carbocycles. The molecule has 1 saturated heterocycles. The van der Waals surface area contributed by atoms with Gasteiger partial charge >= 0.3 is 19.2 Å². The van der Waals surface area contributed by atoms with Gasteiger partial charge in [0.25, 0.3) is 0 Å². The van der Waals surface area contributed by atoms with Crippen LogP contribution >= 0.6 is 0 Å². The van der Waals surface area contributed by atoms with E-state index in [-0.39, 0.29) is 6.54 Å². The molecule has 3 rings (SSSR count). The zero-order valence-corrected chi connectivity index (χ0v) is 23.4. The number of hydrogen-bond donors (Lipinski definition) is 1. The third-order valence-electron chi connectivity index (χ3n) is 6.62. The number of benzene rings is 2. The largest absolute Gasteiger partial charge is 0.494 e. The number of carbonyl (C=O) groups excluding carboxylic acids is 2. The van der Waals surface area contributed by atoms with Crippen molar-refractivity contribution in [1.82, 2.24) is 5.32 Å². The fraction of sp³-hybridized carbons (Fsp3) is 0.481. The highest BCUT2D eigenvalue weighted by Crippen LogP contribution is 2.36. The second-order valence-corrected chi connectivity index (χ2v) is 17.0. The molecule has 9 heteroatoms. The Bertz CT molecular complexity index is 1040. The maximum absolute atomic E-state index is 13.2. The molecule has 0 radical (unpaired) electrons. The predicted molar refractivity (Wildman–Crippen MR) is 144 cm³/mol. The molecule has 36 heavy (non-hydrogen) atoms. The lowest BCUT2D eigenvalue weighted by Crippen LogP contribution is -2.41. The maximum Gasteiger partial charge on any atom is 0.494 e. The van der Waals surface area contributed by atoms with Crippen molar-refractivity contribution in [2.75, 3.05) is 13.2 Å². The van der Waals surface area contributed by atoms with Crippen LogP contribution < -0.4 is 15.5 Å². The van der Waals surface area contributed by atoms with E-state index in [4.69, 9.17) is 18.8 Å². The molecule has 1 heterocycles. The topological polar surface area (TPSA) is 83.1 Å². The zero-order valence-electron chi connectivity index (χ0n) is 22.4. The van der Waals surface area contributed by atoms with Gasteiger partial charge in [-0.1, -0.05) is 62.1 Å². The van der Waals surface area contributed by atoms with Gasteiger partial charge in [-0.15, -0.1) is 0 Å². The first-order valence-electron chi connectivity index (χ1n) is 12.4. The average Bonchev–Trinajstić information content (AvgIpc) is 3.01. The summed E-state index contributed by atoms with van der Waals surface area (Å²) in [6.45, 7) is 15.0. The third-order valence-corrected chi connectivity index (χ3v) is 8.32. The highest BCUT2D eigenvalue weighted by molar-refractivity contribution is 6.76. The zero-order chi connectivity index (χ0) is 26.6. The fourth-order valence-corrected chi connectivity index (χ4v) is 4.32. The standard InChI is InChI=1S/C27H38BNO6Si/c1-26(2)27(3,4)35-28(34-26)21-13-11-12-20(18-21)23(24(30)33-22-14-9-8-10-15-22)19-29-25(31)32-16-17-36(5,6)7/h8-15,18,23H,16-17,19H2,1-7H3,(H,29,31). The Morgan fingerprint density at radius 2 is 1.61 bits per heavy atom. The number of esters is 1. The molecule has 7 nitrogen and oxygen atoms in total. The Labute approximate surface area is 216 Å². The molecule has 1 unspecified atom stereocenters. The van der Waals surface area contributed by atoms with Crippen molar-refractivity contribution >= 4 is 32.7 Å². The molecule has 2 aromatic carbocycles. The van der Waals surface area contributed by atoms with Crippen LogP contribution in [0.5, 0.6) is 5.75 Å². The minimum absolute atomic E-state index is 0.0320. The van der Waals surface area contributed by atoms with E-state index in [1.54, 1.807) is 24.3 Å². The van der Waals surface area contributed by atoms with Crippen molar-refractivity contribution in [3.05, 3.63) is 60.2 Å². The van der Waals surface area contributed by atoms with Gasteiger partial charge in [0.05, 0.1) is 23.7 Å². The summed E-state index contributed by atoms with van der Waals surface area (Å²) in [5, 5.41) is 2.74. The number of carbonyl (C=O) groups is 2. The summed E-state index contributed by atoms with van der Waals surface area (Å²) in [7, 11) is -1.89. The Morgan fingerprint density at radius 3 is 2.22 bits per heavy atom. The van der Waals surface area contributed by atoms with Crippen LogP contribution in [0.4, 0.5) is 4.79 Å². The lowest BCUT2D eigenvalue weighted by Gasteiger charge is -2.32. The van der Waals surface area contributed by atoms with Crippen molar-refractivity contribution < 1.29 is 28.4 Å². The molecule has 1 fully saturated rings. The van der Waals surface area contributed by atoms with Gasteiger partial charge in [0.2, 0.25) is 0 Å². The number of alkyl carbamates (subject to hydrolysis) is 1. The first-order valence-corrected chi connectivity index (χ1v) is 16.1. The molecule has 0 saturated carbocycles. The van der Waals surface area contributed by atoms with Gasteiger partial charge in [-0.3, -0.25) is 4.79 Å². The van der Waals surface area contributed by atoms with Crippen molar-refractivity contribution in [3.8, 4) is 5.75 Å². The second-order valence-electron chi connectivity index (χ2n) is 11.4. The van der Waals surface area contributed by atoms with Crippen LogP contribution in [0.15, 0.2) is 54.6 Å². The Balaban J connectivity index is 1.77. The van der Waals surface area contributed by atoms with E-state index in [0.29, 0.717) is 17.9 Å². The number of amides is 1. The van der Waals surface area contributed by atoms with Crippen LogP contribution in [0.3, 0.4) is 0 Å². The van der Waals surface area contributed by atoms with Gasteiger partial charge in [0.15, 0.2) is 0 Å². The summed E-state index contributed by atoms with van der Waals surface area (Å²) >= 11 is 0. The normalized spacial score (nSPS) is 17.4. The first-order chi connectivity index (χ1) is 16.8. The lowest BCUT2D eigenvalue weighted by molar-refractivity contribution is -0.136. The highest BCUT2D eigenvalue weighted by Gasteiger charge is 2.51. The van der Waals surface area contributed by atoms with Gasteiger partial charge < -0.3 is 24.1 Å². The minimum Gasteiger partial charge on any atom is -0.450 e. The Morgan fingerprint density at radius 1 is 0.972 bits per heavy atom. The molecular formula is C27H38BNO6Si. The molecule has 2 aromatic rings.